The van der Waals surface area contributed by atoms with Crippen molar-refractivity contribution in [1.29, 1.82) is 0 Å². The summed E-state index contributed by atoms with van der Waals surface area (Å²) in [5.74, 6) is -1.13. The Hall–Kier alpha value is -2.85. The van der Waals surface area contributed by atoms with Crippen LogP contribution in [0.25, 0.3) is 10.8 Å². The molecule has 3 aromatic rings. The molecule has 27 heavy (non-hydrogen) atoms. The summed E-state index contributed by atoms with van der Waals surface area (Å²) in [6, 6.07) is 20.6. The lowest BCUT2D eigenvalue weighted by Crippen LogP contribution is -2.38. The number of carboxylic acids is 1. The minimum absolute atomic E-state index is 0.133. The van der Waals surface area contributed by atoms with Gasteiger partial charge in [-0.1, -0.05) is 66.2 Å². The maximum Gasteiger partial charge on any atom is 0.305 e. The molecule has 1 amide bonds. The van der Waals surface area contributed by atoms with Gasteiger partial charge in [-0.2, -0.15) is 0 Å². The molecule has 0 saturated heterocycles. The zero-order valence-electron chi connectivity index (χ0n) is 14.7. The van der Waals surface area contributed by atoms with Crippen LogP contribution in [0.3, 0.4) is 0 Å². The number of benzene rings is 3. The Balaban J connectivity index is 1.67. The Morgan fingerprint density at radius 3 is 2.30 bits per heavy atom. The lowest BCUT2D eigenvalue weighted by molar-refractivity contribution is -0.137. The van der Waals surface area contributed by atoms with Crippen molar-refractivity contribution in [3.05, 3.63) is 82.9 Å². The van der Waals surface area contributed by atoms with Crippen LogP contribution in [0.2, 0.25) is 5.02 Å². The van der Waals surface area contributed by atoms with Crippen LogP contribution in [0.4, 0.5) is 0 Å². The first-order chi connectivity index (χ1) is 13.0. The molecule has 0 fully saturated rings. The van der Waals surface area contributed by atoms with Crippen molar-refractivity contribution in [2.75, 3.05) is 0 Å². The quantitative estimate of drug-likeness (QED) is 0.643. The highest BCUT2D eigenvalue weighted by molar-refractivity contribution is 6.30. The van der Waals surface area contributed by atoms with Crippen molar-refractivity contribution in [1.82, 2.24) is 5.32 Å². The van der Waals surface area contributed by atoms with Gasteiger partial charge in [0.05, 0.1) is 12.8 Å². The topological polar surface area (TPSA) is 66.4 Å². The normalized spacial score (nSPS) is 11.9. The van der Waals surface area contributed by atoms with Crippen molar-refractivity contribution in [3.63, 3.8) is 0 Å². The molecule has 0 bridgehead atoms. The van der Waals surface area contributed by atoms with E-state index in [1.165, 1.54) is 0 Å². The van der Waals surface area contributed by atoms with Gasteiger partial charge in [0, 0.05) is 11.1 Å². The van der Waals surface area contributed by atoms with Crippen LogP contribution in [0.5, 0.6) is 0 Å². The number of aliphatic carboxylic acids is 1. The van der Waals surface area contributed by atoms with Gasteiger partial charge in [-0.05, 0) is 40.5 Å². The Morgan fingerprint density at radius 1 is 0.926 bits per heavy atom. The van der Waals surface area contributed by atoms with E-state index in [4.69, 9.17) is 16.7 Å². The molecule has 3 aromatic carbocycles. The number of nitrogens with one attached hydrogen (secondary N) is 1. The fraction of sp³-hybridized carbons (Fsp3) is 0.182. The standard InChI is InChI=1S/C22H20ClNO3/c23-19-9-6-15(7-10-19)12-20(14-22(26)27)24-21(25)13-16-5-8-17-3-1-2-4-18(17)11-16/h1-11,20H,12-14H2,(H,24,25)(H,26,27)/t20-/m0/s1. The second-order valence-corrected chi connectivity index (χ2v) is 6.99. The third kappa shape index (κ3) is 5.56. The van der Waals surface area contributed by atoms with E-state index in [-0.39, 0.29) is 18.7 Å². The number of amides is 1. The molecule has 4 nitrogen and oxygen atoms in total. The van der Waals surface area contributed by atoms with Gasteiger partial charge in [-0.25, -0.2) is 0 Å². The van der Waals surface area contributed by atoms with E-state index in [2.05, 4.69) is 5.32 Å². The summed E-state index contributed by atoms with van der Waals surface area (Å²) in [5.41, 5.74) is 1.82. The molecule has 0 aliphatic rings. The van der Waals surface area contributed by atoms with Crippen LogP contribution in [0, 0.1) is 0 Å². The monoisotopic (exact) mass is 381 g/mol. The van der Waals surface area contributed by atoms with E-state index >= 15 is 0 Å². The van der Waals surface area contributed by atoms with Crippen molar-refractivity contribution in [2.24, 2.45) is 0 Å². The first-order valence-electron chi connectivity index (χ1n) is 8.73. The van der Waals surface area contributed by atoms with E-state index in [0.29, 0.717) is 11.4 Å². The lowest BCUT2D eigenvalue weighted by Gasteiger charge is -2.17. The molecule has 0 heterocycles. The average molecular weight is 382 g/mol. The molecule has 1 atom stereocenters. The maximum atomic E-state index is 12.5. The molecule has 0 radical (unpaired) electrons. The smallest absolute Gasteiger partial charge is 0.305 e. The highest BCUT2D eigenvalue weighted by Crippen LogP contribution is 2.16. The molecule has 0 aromatic heterocycles. The molecule has 0 unspecified atom stereocenters. The first-order valence-corrected chi connectivity index (χ1v) is 9.10. The van der Waals surface area contributed by atoms with E-state index in [0.717, 1.165) is 21.9 Å². The van der Waals surface area contributed by atoms with E-state index in [9.17, 15) is 9.59 Å². The number of hydrogen-bond acceptors (Lipinski definition) is 2. The van der Waals surface area contributed by atoms with Gasteiger partial charge in [-0.15, -0.1) is 0 Å². The zero-order valence-corrected chi connectivity index (χ0v) is 15.4. The van der Waals surface area contributed by atoms with Crippen molar-refractivity contribution < 1.29 is 14.7 Å². The maximum absolute atomic E-state index is 12.5. The largest absolute Gasteiger partial charge is 0.481 e. The summed E-state index contributed by atoms with van der Waals surface area (Å²) in [5, 5.41) is 14.8. The number of carboxylic acid groups (broad SMARTS) is 1. The first kappa shape index (κ1) is 18.9. The number of hydrogen-bond donors (Lipinski definition) is 2. The van der Waals surface area contributed by atoms with E-state index < -0.39 is 12.0 Å². The van der Waals surface area contributed by atoms with E-state index in [1.54, 1.807) is 12.1 Å². The predicted octanol–water partition coefficient (Wildman–Crippen LogP) is 4.24. The highest BCUT2D eigenvalue weighted by atomic mass is 35.5. The second kappa shape index (κ2) is 8.69. The summed E-state index contributed by atoms with van der Waals surface area (Å²) in [6.07, 6.45) is 0.514. The minimum atomic E-state index is -0.944. The van der Waals surface area contributed by atoms with Gasteiger partial charge in [0.25, 0.3) is 0 Å². The molecule has 138 valence electrons. The summed E-state index contributed by atoms with van der Waals surface area (Å²) < 4.78 is 0. The van der Waals surface area contributed by atoms with Gasteiger partial charge in [0.2, 0.25) is 5.91 Å². The van der Waals surface area contributed by atoms with Crippen LogP contribution in [0.1, 0.15) is 17.5 Å². The van der Waals surface area contributed by atoms with Crippen LogP contribution in [-0.4, -0.2) is 23.0 Å². The molecule has 5 heteroatoms. The van der Waals surface area contributed by atoms with Crippen molar-refractivity contribution in [3.8, 4) is 0 Å². The molecule has 3 rings (SSSR count). The lowest BCUT2D eigenvalue weighted by atomic mass is 10.0. The van der Waals surface area contributed by atoms with Gasteiger partial charge in [0.1, 0.15) is 0 Å². The summed E-state index contributed by atoms with van der Waals surface area (Å²) in [4.78, 5) is 23.6. The predicted molar refractivity (Wildman–Crippen MR) is 107 cm³/mol. The fourth-order valence-electron chi connectivity index (χ4n) is 3.10. The van der Waals surface area contributed by atoms with Gasteiger partial charge in [-0.3, -0.25) is 9.59 Å². The molecular weight excluding hydrogens is 362 g/mol. The molecule has 0 spiro atoms. The Bertz CT molecular complexity index is 953. The molecule has 0 aliphatic carbocycles. The zero-order chi connectivity index (χ0) is 19.2. The SMILES string of the molecule is O=C(O)C[C@H](Cc1ccc(Cl)cc1)NC(=O)Cc1ccc2ccccc2c1. The van der Waals surface area contributed by atoms with Crippen LogP contribution >= 0.6 is 11.6 Å². The Morgan fingerprint density at radius 2 is 1.59 bits per heavy atom. The number of carbonyl (C=O) groups excluding carboxylic acids is 1. The number of carbonyl (C=O) groups is 2. The molecular formula is C22H20ClNO3. The summed E-state index contributed by atoms with van der Waals surface area (Å²) in [7, 11) is 0. The third-order valence-electron chi connectivity index (χ3n) is 4.36. The van der Waals surface area contributed by atoms with Crippen LogP contribution in [0.15, 0.2) is 66.7 Å². The van der Waals surface area contributed by atoms with E-state index in [1.807, 2.05) is 54.6 Å². The number of halogens is 1. The van der Waals surface area contributed by atoms with Gasteiger partial charge >= 0.3 is 5.97 Å². The van der Waals surface area contributed by atoms with Crippen molar-refractivity contribution >= 4 is 34.2 Å². The third-order valence-corrected chi connectivity index (χ3v) is 4.61. The Labute approximate surface area is 162 Å². The fourth-order valence-corrected chi connectivity index (χ4v) is 3.23. The summed E-state index contributed by atoms with van der Waals surface area (Å²) >= 11 is 5.88. The summed E-state index contributed by atoms with van der Waals surface area (Å²) in [6.45, 7) is 0. The molecule has 2 N–H and O–H groups in total. The van der Waals surface area contributed by atoms with Crippen molar-refractivity contribution in [2.45, 2.75) is 25.3 Å². The number of rotatable bonds is 7. The Kier molecular flexibility index (Phi) is 6.09. The van der Waals surface area contributed by atoms with Crippen LogP contribution < -0.4 is 5.32 Å². The minimum Gasteiger partial charge on any atom is -0.481 e. The van der Waals surface area contributed by atoms with Gasteiger partial charge in [0.15, 0.2) is 0 Å². The van der Waals surface area contributed by atoms with Gasteiger partial charge < -0.3 is 10.4 Å². The van der Waals surface area contributed by atoms with Crippen LogP contribution in [-0.2, 0) is 22.4 Å². The number of fused-ring (bicyclic) bond motifs is 1. The second-order valence-electron chi connectivity index (χ2n) is 6.55. The molecule has 0 aliphatic heterocycles. The average Bonchev–Trinajstić information content (AvgIpc) is 2.63. The molecule has 0 saturated carbocycles. The highest BCUT2D eigenvalue weighted by Gasteiger charge is 2.17.